The van der Waals surface area contributed by atoms with E-state index < -0.39 is 0 Å². The van der Waals surface area contributed by atoms with E-state index in [1.807, 2.05) is 64.3 Å². The number of fused-ring (bicyclic) bond motifs is 1. The van der Waals surface area contributed by atoms with Crippen LogP contribution >= 0.6 is 0 Å². The second kappa shape index (κ2) is 8.35. The molecule has 3 aromatic rings. The Hall–Kier alpha value is -2.99. The van der Waals surface area contributed by atoms with Crippen LogP contribution in [0.4, 0.5) is 0 Å². The number of carbonyl (C=O) groups excluding carboxylic acids is 1. The fourth-order valence-electron chi connectivity index (χ4n) is 3.27. The third-order valence-corrected chi connectivity index (χ3v) is 4.80. The van der Waals surface area contributed by atoms with Crippen LogP contribution < -0.4 is 10.9 Å². The summed E-state index contributed by atoms with van der Waals surface area (Å²) >= 11 is 0. The number of hydrogen-bond donors (Lipinski definition) is 1. The van der Waals surface area contributed by atoms with E-state index in [1.54, 1.807) is 18.2 Å². The first-order valence-electron chi connectivity index (χ1n) is 9.41. The van der Waals surface area contributed by atoms with Crippen LogP contribution in [0.3, 0.4) is 0 Å². The molecule has 6 nitrogen and oxygen atoms in total. The van der Waals surface area contributed by atoms with E-state index in [4.69, 9.17) is 0 Å². The van der Waals surface area contributed by atoms with Gasteiger partial charge in [-0.1, -0.05) is 48.5 Å². The normalized spacial score (nSPS) is 12.5. The van der Waals surface area contributed by atoms with Crippen molar-refractivity contribution in [1.29, 1.82) is 0 Å². The highest BCUT2D eigenvalue weighted by molar-refractivity contribution is 6.04. The molecule has 0 aliphatic heterocycles. The smallest absolute Gasteiger partial charge is 0.274 e. The monoisotopic (exact) mass is 378 g/mol. The molecule has 6 heteroatoms. The number of amides is 1. The average molecular weight is 378 g/mol. The van der Waals surface area contributed by atoms with E-state index in [2.05, 4.69) is 15.3 Å². The number of nitrogens with one attached hydrogen (secondary N) is 1. The molecule has 2 aromatic carbocycles. The Labute approximate surface area is 164 Å². The van der Waals surface area contributed by atoms with Crippen LogP contribution in [0.5, 0.6) is 0 Å². The summed E-state index contributed by atoms with van der Waals surface area (Å²) in [5.74, 6) is -0.284. The largest absolute Gasteiger partial charge is 0.349 e. The molecular weight excluding hydrogens is 352 g/mol. The molecule has 28 heavy (non-hydrogen) atoms. The Morgan fingerprint density at radius 2 is 1.64 bits per heavy atom. The van der Waals surface area contributed by atoms with Gasteiger partial charge in [-0.3, -0.25) is 9.59 Å². The first kappa shape index (κ1) is 19.8. The first-order chi connectivity index (χ1) is 13.4. The van der Waals surface area contributed by atoms with Crippen LogP contribution in [-0.2, 0) is 0 Å². The van der Waals surface area contributed by atoms with E-state index in [0.29, 0.717) is 17.3 Å². The van der Waals surface area contributed by atoms with Crippen molar-refractivity contribution < 1.29 is 4.79 Å². The summed E-state index contributed by atoms with van der Waals surface area (Å²) in [7, 11) is 3.97. The predicted octanol–water partition coefficient (Wildman–Crippen LogP) is 3.01. The van der Waals surface area contributed by atoms with Crippen molar-refractivity contribution in [3.8, 4) is 0 Å². The lowest BCUT2D eigenvalue weighted by atomic mass is 10.1. The maximum Gasteiger partial charge on any atom is 0.274 e. The number of hydrogen-bond acceptors (Lipinski definition) is 4. The maximum absolute atomic E-state index is 13.0. The van der Waals surface area contributed by atoms with Gasteiger partial charge in [-0.05, 0) is 39.6 Å². The third-order valence-electron chi connectivity index (χ3n) is 4.80. The number of nitrogens with zero attached hydrogens (tertiary/aromatic N) is 3. The highest BCUT2D eigenvalue weighted by Crippen LogP contribution is 2.18. The Kier molecular flexibility index (Phi) is 5.90. The van der Waals surface area contributed by atoms with Gasteiger partial charge in [0, 0.05) is 11.9 Å². The minimum Gasteiger partial charge on any atom is -0.349 e. The van der Waals surface area contributed by atoms with Crippen LogP contribution in [0.1, 0.15) is 42.0 Å². The molecule has 0 aliphatic carbocycles. The summed E-state index contributed by atoms with van der Waals surface area (Å²) in [5, 5.41) is 8.45. The van der Waals surface area contributed by atoms with Gasteiger partial charge in [-0.2, -0.15) is 5.10 Å². The second-order valence-electron chi connectivity index (χ2n) is 7.34. The maximum atomic E-state index is 13.0. The van der Waals surface area contributed by atoms with Gasteiger partial charge in [-0.25, -0.2) is 4.68 Å². The molecular formula is C22H26N4O2. The van der Waals surface area contributed by atoms with Gasteiger partial charge < -0.3 is 10.2 Å². The van der Waals surface area contributed by atoms with E-state index >= 15 is 0 Å². The Morgan fingerprint density at radius 1 is 1.04 bits per heavy atom. The molecule has 0 saturated heterocycles. The molecule has 0 spiro atoms. The minimum atomic E-state index is -0.284. The molecule has 0 saturated carbocycles. The molecule has 0 radical (unpaired) electrons. The molecule has 1 unspecified atom stereocenters. The summed E-state index contributed by atoms with van der Waals surface area (Å²) in [5.41, 5.74) is 1.21. The van der Waals surface area contributed by atoms with Crippen molar-refractivity contribution in [2.75, 3.05) is 20.6 Å². The van der Waals surface area contributed by atoms with Crippen LogP contribution in [0, 0.1) is 0 Å². The van der Waals surface area contributed by atoms with Crippen molar-refractivity contribution in [2.24, 2.45) is 0 Å². The second-order valence-corrected chi connectivity index (χ2v) is 7.34. The first-order valence-corrected chi connectivity index (χ1v) is 9.41. The van der Waals surface area contributed by atoms with Crippen molar-refractivity contribution in [2.45, 2.75) is 25.9 Å². The molecule has 0 bridgehead atoms. The lowest BCUT2D eigenvalue weighted by Gasteiger charge is -2.25. The molecule has 1 amide bonds. The Morgan fingerprint density at radius 3 is 2.25 bits per heavy atom. The van der Waals surface area contributed by atoms with Gasteiger partial charge in [0.15, 0.2) is 5.69 Å². The fourth-order valence-corrected chi connectivity index (χ4v) is 3.27. The number of aromatic nitrogens is 2. The van der Waals surface area contributed by atoms with E-state index in [-0.39, 0.29) is 29.2 Å². The van der Waals surface area contributed by atoms with Gasteiger partial charge in [0.05, 0.1) is 17.5 Å². The van der Waals surface area contributed by atoms with Crippen molar-refractivity contribution in [1.82, 2.24) is 20.0 Å². The number of benzene rings is 2. The van der Waals surface area contributed by atoms with Gasteiger partial charge >= 0.3 is 0 Å². The summed E-state index contributed by atoms with van der Waals surface area (Å²) < 4.78 is 1.37. The van der Waals surface area contributed by atoms with Crippen LogP contribution in [-0.4, -0.2) is 41.2 Å². The molecule has 0 aliphatic rings. The van der Waals surface area contributed by atoms with E-state index in [1.165, 1.54) is 4.68 Å². The summed E-state index contributed by atoms with van der Waals surface area (Å²) in [6.45, 7) is 4.19. The Bertz CT molecular complexity index is 1030. The summed E-state index contributed by atoms with van der Waals surface area (Å²) in [4.78, 5) is 27.7. The molecule has 146 valence electrons. The quantitative estimate of drug-likeness (QED) is 0.716. The zero-order valence-corrected chi connectivity index (χ0v) is 16.7. The SMILES string of the molecule is CC(C)n1nc(C(=O)NCC(c2ccccc2)N(C)C)c2ccccc2c1=O. The molecule has 1 N–H and O–H groups in total. The standard InChI is InChI=1S/C22H26N4O2/c1-15(2)26-22(28)18-13-9-8-12-17(18)20(24-26)21(27)23-14-19(25(3)4)16-10-6-5-7-11-16/h5-13,15,19H,14H2,1-4H3,(H,23,27). The van der Waals surface area contributed by atoms with Crippen LogP contribution in [0.25, 0.3) is 10.8 Å². The highest BCUT2D eigenvalue weighted by atomic mass is 16.2. The van der Waals surface area contributed by atoms with Crippen LogP contribution in [0.2, 0.25) is 0 Å². The number of carbonyl (C=O) groups is 1. The minimum absolute atomic E-state index is 0.0346. The summed E-state index contributed by atoms with van der Waals surface area (Å²) in [6.07, 6.45) is 0. The zero-order valence-electron chi connectivity index (χ0n) is 16.7. The number of rotatable bonds is 6. The lowest BCUT2D eigenvalue weighted by molar-refractivity contribution is 0.0936. The van der Waals surface area contributed by atoms with Crippen molar-refractivity contribution >= 4 is 16.7 Å². The van der Waals surface area contributed by atoms with Gasteiger partial charge in [0.2, 0.25) is 0 Å². The number of likely N-dealkylation sites (N-methyl/N-ethyl adjacent to an activating group) is 1. The lowest BCUT2D eigenvalue weighted by Crippen LogP contribution is -2.36. The molecule has 3 rings (SSSR count). The van der Waals surface area contributed by atoms with E-state index in [0.717, 1.165) is 5.56 Å². The van der Waals surface area contributed by atoms with Gasteiger partial charge in [0.1, 0.15) is 0 Å². The molecule has 1 atom stereocenters. The van der Waals surface area contributed by atoms with Crippen molar-refractivity contribution in [3.63, 3.8) is 0 Å². The van der Waals surface area contributed by atoms with Gasteiger partial charge in [0.25, 0.3) is 11.5 Å². The fraction of sp³-hybridized carbons (Fsp3) is 0.318. The summed E-state index contributed by atoms with van der Waals surface area (Å²) in [6, 6.07) is 17.1. The predicted molar refractivity (Wildman–Crippen MR) is 112 cm³/mol. The molecule has 1 aromatic heterocycles. The van der Waals surface area contributed by atoms with Gasteiger partial charge in [-0.15, -0.1) is 0 Å². The molecule has 1 heterocycles. The highest BCUT2D eigenvalue weighted by Gasteiger charge is 2.20. The van der Waals surface area contributed by atoms with Crippen LogP contribution in [0.15, 0.2) is 59.4 Å². The zero-order chi connectivity index (χ0) is 20.3. The molecule has 0 fully saturated rings. The third kappa shape index (κ3) is 3.97. The Balaban J connectivity index is 1.93. The van der Waals surface area contributed by atoms with Crippen molar-refractivity contribution in [3.05, 3.63) is 76.2 Å². The topological polar surface area (TPSA) is 67.2 Å². The van der Waals surface area contributed by atoms with E-state index in [9.17, 15) is 9.59 Å². The average Bonchev–Trinajstić information content (AvgIpc) is 2.68.